The highest BCUT2D eigenvalue weighted by molar-refractivity contribution is 5.65. The summed E-state index contributed by atoms with van der Waals surface area (Å²) in [5.41, 5.74) is 1.65. The third kappa shape index (κ3) is 5.98. The van der Waals surface area contributed by atoms with Crippen LogP contribution < -0.4 is 10.6 Å². The van der Waals surface area contributed by atoms with Crippen molar-refractivity contribution in [3.63, 3.8) is 0 Å². The van der Waals surface area contributed by atoms with Gasteiger partial charge in [-0.05, 0) is 29.7 Å². The Balaban J connectivity index is 1.90. The molecule has 25 heavy (non-hydrogen) atoms. The number of nitrogens with one attached hydrogen (secondary N) is 2. The van der Waals surface area contributed by atoms with Crippen LogP contribution in [0.2, 0.25) is 0 Å². The summed E-state index contributed by atoms with van der Waals surface area (Å²) < 4.78 is 0. The molecule has 0 aromatic heterocycles. The maximum absolute atomic E-state index is 11.0. The average Bonchev–Trinajstić information content (AvgIpc) is 2.58. The standard InChI is InChI=1S/C18H22N2O5/c21-15-7-6-13(9-16(15)22)10-19-11-17(23)14(20-18(24)25)8-12-4-2-1-3-5-12/h1-7,9,14,17,19-23H,8,10-11H2,(H,24,25)/t14-,17+/m0/s1. The normalized spacial score (nSPS) is 13.2. The Morgan fingerprint density at radius 2 is 1.72 bits per heavy atom. The third-order valence-corrected chi connectivity index (χ3v) is 3.79. The molecule has 2 rings (SSSR count). The van der Waals surface area contributed by atoms with Crippen molar-refractivity contribution >= 4 is 6.09 Å². The van der Waals surface area contributed by atoms with E-state index in [2.05, 4.69) is 10.6 Å². The van der Waals surface area contributed by atoms with E-state index >= 15 is 0 Å². The first-order chi connectivity index (χ1) is 12.0. The quantitative estimate of drug-likeness (QED) is 0.402. The fraction of sp³-hybridized carbons (Fsp3) is 0.278. The minimum atomic E-state index is -1.19. The fourth-order valence-electron chi connectivity index (χ4n) is 2.50. The lowest BCUT2D eigenvalue weighted by atomic mass is 10.0. The van der Waals surface area contributed by atoms with Crippen molar-refractivity contribution in [3.8, 4) is 11.5 Å². The number of hydrogen-bond acceptors (Lipinski definition) is 5. The van der Waals surface area contributed by atoms with Crippen molar-refractivity contribution in [2.24, 2.45) is 0 Å². The van der Waals surface area contributed by atoms with Crippen molar-refractivity contribution in [2.45, 2.75) is 25.1 Å². The van der Waals surface area contributed by atoms with E-state index in [9.17, 15) is 20.1 Å². The van der Waals surface area contributed by atoms with E-state index in [1.807, 2.05) is 30.3 Å². The molecule has 0 radical (unpaired) electrons. The van der Waals surface area contributed by atoms with Crippen LogP contribution in [0.25, 0.3) is 0 Å². The lowest BCUT2D eigenvalue weighted by molar-refractivity contribution is 0.117. The molecule has 7 nitrogen and oxygen atoms in total. The van der Waals surface area contributed by atoms with Gasteiger partial charge in [0, 0.05) is 13.1 Å². The number of benzene rings is 2. The van der Waals surface area contributed by atoms with Crippen LogP contribution in [0, 0.1) is 0 Å². The molecule has 2 aromatic carbocycles. The van der Waals surface area contributed by atoms with E-state index in [1.165, 1.54) is 12.1 Å². The molecule has 2 aromatic rings. The van der Waals surface area contributed by atoms with Crippen LogP contribution in [-0.4, -0.2) is 45.2 Å². The Kier molecular flexibility index (Phi) is 6.62. The summed E-state index contributed by atoms with van der Waals surface area (Å²) in [5, 5.41) is 43.4. The van der Waals surface area contributed by atoms with E-state index < -0.39 is 18.2 Å². The first-order valence-corrected chi connectivity index (χ1v) is 7.88. The number of carbonyl (C=O) groups is 1. The lowest BCUT2D eigenvalue weighted by Crippen LogP contribution is -2.48. The molecule has 1 amide bonds. The van der Waals surface area contributed by atoms with Crippen LogP contribution in [0.1, 0.15) is 11.1 Å². The molecule has 0 saturated carbocycles. The van der Waals surface area contributed by atoms with Crippen LogP contribution in [0.3, 0.4) is 0 Å². The van der Waals surface area contributed by atoms with Crippen molar-refractivity contribution < 1.29 is 25.2 Å². The third-order valence-electron chi connectivity index (χ3n) is 3.79. The van der Waals surface area contributed by atoms with Gasteiger partial charge in [-0.1, -0.05) is 36.4 Å². The molecule has 0 bridgehead atoms. The summed E-state index contributed by atoms with van der Waals surface area (Å²) in [6, 6.07) is 13.1. The zero-order chi connectivity index (χ0) is 18.2. The minimum absolute atomic E-state index is 0.166. The highest BCUT2D eigenvalue weighted by Crippen LogP contribution is 2.24. The summed E-state index contributed by atoms with van der Waals surface area (Å²) in [6.07, 6.45) is -1.75. The smallest absolute Gasteiger partial charge is 0.404 e. The molecule has 0 unspecified atom stereocenters. The highest BCUT2D eigenvalue weighted by Gasteiger charge is 2.21. The number of rotatable bonds is 8. The summed E-state index contributed by atoms with van der Waals surface area (Å²) in [6.45, 7) is 0.523. The predicted molar refractivity (Wildman–Crippen MR) is 92.6 cm³/mol. The van der Waals surface area contributed by atoms with Gasteiger partial charge in [0.25, 0.3) is 0 Å². The molecule has 0 heterocycles. The molecule has 134 valence electrons. The molecule has 2 atom stereocenters. The topological polar surface area (TPSA) is 122 Å². The second-order valence-corrected chi connectivity index (χ2v) is 5.77. The largest absolute Gasteiger partial charge is 0.504 e. The van der Waals surface area contributed by atoms with Gasteiger partial charge in [0.1, 0.15) is 0 Å². The number of phenols is 2. The van der Waals surface area contributed by atoms with E-state index in [-0.39, 0.29) is 18.0 Å². The summed E-state index contributed by atoms with van der Waals surface area (Å²) in [5.74, 6) is -0.410. The van der Waals surface area contributed by atoms with Crippen LogP contribution in [0.4, 0.5) is 4.79 Å². The zero-order valence-corrected chi connectivity index (χ0v) is 13.6. The Labute approximate surface area is 145 Å². The monoisotopic (exact) mass is 346 g/mol. The van der Waals surface area contributed by atoms with Gasteiger partial charge in [-0.25, -0.2) is 4.79 Å². The number of aromatic hydroxyl groups is 2. The molecule has 0 saturated heterocycles. The number of hydrogen-bond donors (Lipinski definition) is 6. The van der Waals surface area contributed by atoms with E-state index in [0.29, 0.717) is 13.0 Å². The Morgan fingerprint density at radius 3 is 2.36 bits per heavy atom. The van der Waals surface area contributed by atoms with Gasteiger partial charge in [-0.3, -0.25) is 0 Å². The Morgan fingerprint density at radius 1 is 1.00 bits per heavy atom. The molecule has 0 spiro atoms. The number of carboxylic acid groups (broad SMARTS) is 1. The molecular formula is C18H22N2O5. The van der Waals surface area contributed by atoms with Gasteiger partial charge >= 0.3 is 6.09 Å². The van der Waals surface area contributed by atoms with E-state index in [4.69, 9.17) is 5.11 Å². The van der Waals surface area contributed by atoms with Crippen molar-refractivity contribution in [1.29, 1.82) is 0 Å². The molecule has 0 aliphatic carbocycles. The van der Waals surface area contributed by atoms with Crippen molar-refractivity contribution in [1.82, 2.24) is 10.6 Å². The van der Waals surface area contributed by atoms with E-state index in [0.717, 1.165) is 11.1 Å². The van der Waals surface area contributed by atoms with Crippen LogP contribution >= 0.6 is 0 Å². The molecule has 6 N–H and O–H groups in total. The maximum atomic E-state index is 11.0. The van der Waals surface area contributed by atoms with Gasteiger partial charge in [0.05, 0.1) is 12.1 Å². The molecular weight excluding hydrogens is 324 g/mol. The first kappa shape index (κ1) is 18.6. The van der Waals surface area contributed by atoms with Crippen molar-refractivity contribution in [3.05, 3.63) is 59.7 Å². The van der Waals surface area contributed by atoms with Crippen LogP contribution in [0.5, 0.6) is 11.5 Å². The zero-order valence-electron chi connectivity index (χ0n) is 13.6. The number of phenolic OH excluding ortho intramolecular Hbond substituents is 2. The number of aliphatic hydroxyl groups is 1. The SMILES string of the molecule is O=C(O)N[C@@H](Cc1ccccc1)[C@H](O)CNCc1ccc(O)c(O)c1. The summed E-state index contributed by atoms with van der Waals surface area (Å²) in [7, 11) is 0. The first-order valence-electron chi connectivity index (χ1n) is 7.88. The fourth-order valence-corrected chi connectivity index (χ4v) is 2.50. The van der Waals surface area contributed by atoms with E-state index in [1.54, 1.807) is 6.07 Å². The Bertz CT molecular complexity index is 693. The second kappa shape index (κ2) is 8.91. The van der Waals surface area contributed by atoms with Gasteiger partial charge in [-0.15, -0.1) is 0 Å². The lowest BCUT2D eigenvalue weighted by Gasteiger charge is -2.23. The Hall–Kier alpha value is -2.77. The summed E-state index contributed by atoms with van der Waals surface area (Å²) >= 11 is 0. The average molecular weight is 346 g/mol. The highest BCUT2D eigenvalue weighted by atomic mass is 16.4. The molecule has 0 fully saturated rings. The predicted octanol–water partition coefficient (Wildman–Crippen LogP) is 1.43. The molecule has 0 aliphatic heterocycles. The second-order valence-electron chi connectivity index (χ2n) is 5.77. The number of aliphatic hydroxyl groups excluding tert-OH is 1. The number of amides is 1. The minimum Gasteiger partial charge on any atom is -0.504 e. The van der Waals surface area contributed by atoms with Crippen molar-refractivity contribution in [2.75, 3.05) is 6.54 Å². The maximum Gasteiger partial charge on any atom is 0.404 e. The van der Waals surface area contributed by atoms with Crippen LogP contribution in [0.15, 0.2) is 48.5 Å². The molecule has 0 aliphatic rings. The van der Waals surface area contributed by atoms with Gasteiger partial charge in [0.15, 0.2) is 11.5 Å². The van der Waals surface area contributed by atoms with Gasteiger partial charge in [-0.2, -0.15) is 0 Å². The van der Waals surface area contributed by atoms with Gasteiger partial charge < -0.3 is 31.1 Å². The van der Waals surface area contributed by atoms with Gasteiger partial charge in [0.2, 0.25) is 0 Å². The molecule has 7 heteroatoms. The van der Waals surface area contributed by atoms with Crippen LogP contribution in [-0.2, 0) is 13.0 Å². The summed E-state index contributed by atoms with van der Waals surface area (Å²) in [4.78, 5) is 11.0.